The number of nitrogens with two attached hydrogens (primary N) is 1. The van der Waals surface area contributed by atoms with Crippen LogP contribution in [-0.4, -0.2) is 13.7 Å². The number of benzene rings is 1. The summed E-state index contributed by atoms with van der Waals surface area (Å²) in [6.07, 6.45) is 0.535. The molecular formula is C11H15F2NO. The lowest BCUT2D eigenvalue weighted by atomic mass is 10.0. The molecule has 1 aromatic carbocycles. The Morgan fingerprint density at radius 2 is 2.07 bits per heavy atom. The molecule has 1 rings (SSSR count). The van der Waals surface area contributed by atoms with E-state index in [4.69, 9.17) is 10.5 Å². The van der Waals surface area contributed by atoms with E-state index in [1.807, 2.05) is 0 Å². The van der Waals surface area contributed by atoms with Crippen LogP contribution in [0.3, 0.4) is 0 Å². The first-order valence-electron chi connectivity index (χ1n) is 4.74. The van der Waals surface area contributed by atoms with Crippen LogP contribution in [0.2, 0.25) is 0 Å². The maximum absolute atomic E-state index is 13.0. The Morgan fingerprint density at radius 1 is 1.40 bits per heavy atom. The fourth-order valence-electron chi connectivity index (χ4n) is 1.40. The smallest absolute Gasteiger partial charge is 0.270 e. The van der Waals surface area contributed by atoms with Crippen molar-refractivity contribution < 1.29 is 13.5 Å². The van der Waals surface area contributed by atoms with Gasteiger partial charge in [0.1, 0.15) is 5.75 Å². The topological polar surface area (TPSA) is 35.2 Å². The summed E-state index contributed by atoms with van der Waals surface area (Å²) in [7, 11) is 1.51. The lowest BCUT2D eigenvalue weighted by Crippen LogP contribution is -2.10. The monoisotopic (exact) mass is 215 g/mol. The normalized spacial score (nSPS) is 11.5. The minimum Gasteiger partial charge on any atom is -0.496 e. The van der Waals surface area contributed by atoms with E-state index in [9.17, 15) is 8.78 Å². The summed E-state index contributed by atoms with van der Waals surface area (Å²) in [6.45, 7) is 1.29. The zero-order valence-electron chi connectivity index (χ0n) is 8.89. The largest absolute Gasteiger partial charge is 0.496 e. The summed E-state index contributed by atoms with van der Waals surface area (Å²) in [5.41, 5.74) is 6.11. The first-order chi connectivity index (χ1) is 6.99. The molecule has 0 amide bonds. The molecular weight excluding hydrogens is 200 g/mol. The quantitative estimate of drug-likeness (QED) is 0.836. The zero-order valence-corrected chi connectivity index (χ0v) is 8.89. The number of methoxy groups -OCH3 is 1. The van der Waals surface area contributed by atoms with E-state index >= 15 is 0 Å². The van der Waals surface area contributed by atoms with Gasteiger partial charge >= 0.3 is 0 Å². The van der Waals surface area contributed by atoms with Crippen LogP contribution in [0.5, 0.6) is 5.75 Å². The third kappa shape index (κ3) is 2.89. The van der Waals surface area contributed by atoms with E-state index in [2.05, 4.69) is 0 Å². The molecule has 0 aliphatic rings. The molecule has 0 saturated heterocycles. The zero-order chi connectivity index (χ0) is 11.5. The highest BCUT2D eigenvalue weighted by molar-refractivity contribution is 5.38. The van der Waals surface area contributed by atoms with Gasteiger partial charge in [-0.2, -0.15) is 0 Å². The Morgan fingerprint density at radius 3 is 2.53 bits per heavy atom. The van der Waals surface area contributed by atoms with Gasteiger partial charge in [0.05, 0.1) is 7.11 Å². The van der Waals surface area contributed by atoms with Gasteiger partial charge in [0, 0.05) is 12.5 Å². The fourth-order valence-corrected chi connectivity index (χ4v) is 1.40. The second-order valence-corrected chi connectivity index (χ2v) is 3.45. The van der Waals surface area contributed by atoms with E-state index < -0.39 is 5.92 Å². The van der Waals surface area contributed by atoms with Crippen molar-refractivity contribution in [1.82, 2.24) is 0 Å². The molecule has 4 heteroatoms. The second-order valence-electron chi connectivity index (χ2n) is 3.45. The summed E-state index contributed by atoms with van der Waals surface area (Å²) in [6, 6.07) is 4.38. The number of ether oxygens (including phenoxy) is 1. The van der Waals surface area contributed by atoms with E-state index in [0.717, 1.165) is 12.5 Å². The molecule has 0 unspecified atom stereocenters. The molecule has 1 aromatic rings. The highest BCUT2D eigenvalue weighted by atomic mass is 19.3. The molecule has 0 heterocycles. The molecule has 0 saturated carbocycles. The molecule has 2 nitrogen and oxygen atoms in total. The van der Waals surface area contributed by atoms with Crippen LogP contribution in [0, 0.1) is 0 Å². The summed E-state index contributed by atoms with van der Waals surface area (Å²) < 4.78 is 31.1. The number of rotatable bonds is 4. The molecule has 15 heavy (non-hydrogen) atoms. The molecule has 2 N–H and O–H groups in total. The maximum Gasteiger partial charge on any atom is 0.270 e. The van der Waals surface area contributed by atoms with Crippen LogP contribution in [-0.2, 0) is 12.3 Å². The molecule has 0 aromatic heterocycles. The first kappa shape index (κ1) is 11.9. The third-order valence-electron chi connectivity index (χ3n) is 2.20. The van der Waals surface area contributed by atoms with Crippen molar-refractivity contribution in [2.45, 2.75) is 19.3 Å². The summed E-state index contributed by atoms with van der Waals surface area (Å²) in [5, 5.41) is 0. The lowest BCUT2D eigenvalue weighted by molar-refractivity contribution is 0.0173. The van der Waals surface area contributed by atoms with Gasteiger partial charge in [0.15, 0.2) is 0 Å². The Labute approximate surface area is 88.0 Å². The summed E-state index contributed by atoms with van der Waals surface area (Å²) >= 11 is 0. The number of hydrogen-bond donors (Lipinski definition) is 1. The van der Waals surface area contributed by atoms with Crippen molar-refractivity contribution in [3.63, 3.8) is 0 Å². The molecule has 0 atom stereocenters. The second kappa shape index (κ2) is 4.57. The Hall–Kier alpha value is -1.16. The van der Waals surface area contributed by atoms with Gasteiger partial charge in [-0.3, -0.25) is 0 Å². The minimum absolute atomic E-state index is 0.00764. The van der Waals surface area contributed by atoms with Crippen LogP contribution in [0.4, 0.5) is 8.78 Å². The summed E-state index contributed by atoms with van der Waals surface area (Å²) in [5.74, 6) is -2.22. The van der Waals surface area contributed by atoms with Crippen LogP contribution in [0.25, 0.3) is 0 Å². The standard InChI is InChI=1S/C11H15F2NO/c1-11(12,13)9-3-4-10(15-2)8(7-9)5-6-14/h3-4,7H,5-6,14H2,1-2H3. The van der Waals surface area contributed by atoms with Crippen molar-refractivity contribution in [3.05, 3.63) is 29.3 Å². The number of halogens is 2. The highest BCUT2D eigenvalue weighted by Crippen LogP contribution is 2.30. The molecule has 0 aliphatic heterocycles. The Kier molecular flexibility index (Phi) is 3.63. The molecule has 84 valence electrons. The van der Waals surface area contributed by atoms with Crippen molar-refractivity contribution >= 4 is 0 Å². The van der Waals surface area contributed by atoms with Gasteiger partial charge in [-0.15, -0.1) is 0 Å². The van der Waals surface area contributed by atoms with E-state index in [-0.39, 0.29) is 5.56 Å². The molecule has 0 fully saturated rings. The van der Waals surface area contributed by atoms with Crippen LogP contribution in [0.15, 0.2) is 18.2 Å². The Balaban J connectivity index is 3.10. The van der Waals surface area contributed by atoms with Crippen molar-refractivity contribution in [2.75, 3.05) is 13.7 Å². The minimum atomic E-state index is -2.82. The average Bonchev–Trinajstić information content (AvgIpc) is 2.17. The highest BCUT2D eigenvalue weighted by Gasteiger charge is 2.24. The van der Waals surface area contributed by atoms with Gasteiger partial charge in [-0.1, -0.05) is 0 Å². The average molecular weight is 215 g/mol. The van der Waals surface area contributed by atoms with Gasteiger partial charge in [0.2, 0.25) is 0 Å². The SMILES string of the molecule is COc1ccc(C(C)(F)F)cc1CCN. The van der Waals surface area contributed by atoms with Gasteiger partial charge < -0.3 is 10.5 Å². The maximum atomic E-state index is 13.0. The van der Waals surface area contributed by atoms with Crippen molar-refractivity contribution in [1.29, 1.82) is 0 Å². The third-order valence-corrected chi connectivity index (χ3v) is 2.20. The van der Waals surface area contributed by atoms with Gasteiger partial charge in [-0.05, 0) is 36.7 Å². The lowest BCUT2D eigenvalue weighted by Gasteiger charge is -2.14. The van der Waals surface area contributed by atoms with E-state index in [1.165, 1.54) is 19.2 Å². The predicted octanol–water partition coefficient (Wildman–Crippen LogP) is 2.31. The number of alkyl halides is 2. The van der Waals surface area contributed by atoms with Gasteiger partial charge in [0.25, 0.3) is 5.92 Å². The predicted molar refractivity (Wildman–Crippen MR) is 55.3 cm³/mol. The van der Waals surface area contributed by atoms with Crippen LogP contribution >= 0.6 is 0 Å². The fraction of sp³-hybridized carbons (Fsp3) is 0.455. The summed E-state index contributed by atoms with van der Waals surface area (Å²) in [4.78, 5) is 0. The first-order valence-corrected chi connectivity index (χ1v) is 4.74. The molecule has 0 radical (unpaired) electrons. The van der Waals surface area contributed by atoms with Gasteiger partial charge in [-0.25, -0.2) is 8.78 Å². The number of hydrogen-bond acceptors (Lipinski definition) is 2. The molecule has 0 bridgehead atoms. The van der Waals surface area contributed by atoms with Crippen molar-refractivity contribution in [3.8, 4) is 5.75 Å². The molecule has 0 spiro atoms. The van der Waals surface area contributed by atoms with Crippen LogP contribution < -0.4 is 10.5 Å². The molecule has 0 aliphatic carbocycles. The van der Waals surface area contributed by atoms with Crippen molar-refractivity contribution in [2.24, 2.45) is 5.73 Å². The Bertz CT molecular complexity index is 334. The van der Waals surface area contributed by atoms with E-state index in [0.29, 0.717) is 18.7 Å². The van der Waals surface area contributed by atoms with Crippen LogP contribution in [0.1, 0.15) is 18.1 Å². The van der Waals surface area contributed by atoms with E-state index in [1.54, 1.807) is 6.07 Å².